The van der Waals surface area contributed by atoms with Crippen LogP contribution in [0.15, 0.2) is 24.3 Å². The van der Waals surface area contributed by atoms with Gasteiger partial charge in [-0.15, -0.1) is 0 Å². The summed E-state index contributed by atoms with van der Waals surface area (Å²) in [4.78, 5) is 17.0. The van der Waals surface area contributed by atoms with Crippen molar-refractivity contribution in [2.45, 2.75) is 51.6 Å². The van der Waals surface area contributed by atoms with E-state index in [2.05, 4.69) is 9.80 Å². The molecule has 0 radical (unpaired) electrons. The normalized spacial score (nSPS) is 21.3. The molecule has 23 heavy (non-hydrogen) atoms. The second-order valence-electron chi connectivity index (χ2n) is 7.34. The number of carbonyl (C=O) groups is 1. The van der Waals surface area contributed by atoms with E-state index in [1.165, 1.54) is 6.07 Å². The minimum absolute atomic E-state index is 0.0626. The summed E-state index contributed by atoms with van der Waals surface area (Å²) in [6.45, 7) is 7.43. The van der Waals surface area contributed by atoms with Gasteiger partial charge < -0.3 is 4.90 Å². The number of benzene rings is 1. The molecule has 1 aromatic carbocycles. The first-order valence-electron chi connectivity index (χ1n) is 8.79. The maximum atomic E-state index is 13.8. The maximum absolute atomic E-state index is 13.8. The van der Waals surface area contributed by atoms with Crippen LogP contribution in [0.25, 0.3) is 0 Å². The van der Waals surface area contributed by atoms with Gasteiger partial charge in [0.05, 0.1) is 0 Å². The number of nitrogens with zero attached hydrogens (tertiary/aromatic N) is 2. The molecule has 0 bridgehead atoms. The zero-order valence-electron chi connectivity index (χ0n) is 14.2. The summed E-state index contributed by atoms with van der Waals surface area (Å²) in [6.07, 6.45) is 4.27. The summed E-state index contributed by atoms with van der Waals surface area (Å²) in [5.74, 6) is 0.247. The number of piperidine rings is 1. The quantitative estimate of drug-likeness (QED) is 0.852. The number of amides is 1. The zero-order valence-corrected chi connectivity index (χ0v) is 14.2. The number of likely N-dealkylation sites (tertiary alicyclic amines) is 2. The lowest BCUT2D eigenvalue weighted by atomic mass is 9.84. The molecular formula is C19H27FN2O. The molecule has 3 nitrogen and oxygen atoms in total. The minimum atomic E-state index is -0.120. The van der Waals surface area contributed by atoms with Crippen molar-refractivity contribution in [1.29, 1.82) is 0 Å². The third kappa shape index (κ3) is 3.27. The molecular weight excluding hydrogens is 291 g/mol. The van der Waals surface area contributed by atoms with E-state index in [0.717, 1.165) is 50.9 Å². The second kappa shape index (κ2) is 6.60. The van der Waals surface area contributed by atoms with Crippen LogP contribution in [0.1, 0.15) is 45.1 Å². The molecule has 1 aromatic rings. The molecule has 0 N–H and O–H groups in total. The van der Waals surface area contributed by atoms with Gasteiger partial charge in [-0.1, -0.05) is 32.0 Å². The Morgan fingerprint density at radius 3 is 2.52 bits per heavy atom. The van der Waals surface area contributed by atoms with Crippen molar-refractivity contribution in [3.63, 3.8) is 0 Å². The Bertz CT molecular complexity index is 564. The van der Waals surface area contributed by atoms with E-state index >= 15 is 0 Å². The lowest BCUT2D eigenvalue weighted by Gasteiger charge is -2.45. The third-order valence-corrected chi connectivity index (χ3v) is 5.49. The highest BCUT2D eigenvalue weighted by Gasteiger charge is 2.45. The van der Waals surface area contributed by atoms with Crippen LogP contribution in [0.5, 0.6) is 0 Å². The van der Waals surface area contributed by atoms with Crippen LogP contribution in [0, 0.1) is 11.7 Å². The van der Waals surface area contributed by atoms with Crippen molar-refractivity contribution >= 4 is 5.91 Å². The van der Waals surface area contributed by atoms with Gasteiger partial charge in [0.2, 0.25) is 5.91 Å². The van der Waals surface area contributed by atoms with Gasteiger partial charge in [0, 0.05) is 43.2 Å². The fraction of sp³-hybridized carbons (Fsp3) is 0.632. The van der Waals surface area contributed by atoms with E-state index in [-0.39, 0.29) is 17.3 Å². The van der Waals surface area contributed by atoms with Gasteiger partial charge in [-0.2, -0.15) is 0 Å². The van der Waals surface area contributed by atoms with Gasteiger partial charge in [0.25, 0.3) is 0 Å². The Kier molecular flexibility index (Phi) is 4.72. The fourth-order valence-corrected chi connectivity index (χ4v) is 4.11. The molecule has 4 heteroatoms. The highest BCUT2D eigenvalue weighted by Crippen LogP contribution is 2.39. The molecule has 0 aliphatic carbocycles. The van der Waals surface area contributed by atoms with E-state index in [9.17, 15) is 9.18 Å². The summed E-state index contributed by atoms with van der Waals surface area (Å²) >= 11 is 0. The second-order valence-corrected chi connectivity index (χ2v) is 7.34. The van der Waals surface area contributed by atoms with E-state index in [4.69, 9.17) is 0 Å². The lowest BCUT2D eigenvalue weighted by molar-refractivity contribution is -0.140. The van der Waals surface area contributed by atoms with Crippen LogP contribution in [0.3, 0.4) is 0 Å². The number of carbonyl (C=O) groups excluding carboxylic acids is 1. The summed E-state index contributed by atoms with van der Waals surface area (Å²) in [6, 6.07) is 7.02. The van der Waals surface area contributed by atoms with Crippen molar-refractivity contribution in [1.82, 2.24) is 9.80 Å². The Balaban J connectivity index is 1.63. The predicted molar refractivity (Wildman–Crippen MR) is 89.4 cm³/mol. The van der Waals surface area contributed by atoms with Crippen molar-refractivity contribution < 1.29 is 9.18 Å². The Morgan fingerprint density at radius 2 is 1.87 bits per heavy atom. The SMILES string of the molecule is CC(C)C(=O)N1CCCC12CCN(Cc1ccccc1F)CC2. The maximum Gasteiger partial charge on any atom is 0.225 e. The van der Waals surface area contributed by atoms with Crippen LogP contribution in [-0.4, -0.2) is 40.9 Å². The molecule has 3 rings (SSSR count). The number of rotatable bonds is 3. The Hall–Kier alpha value is -1.42. The average Bonchev–Trinajstić information content (AvgIpc) is 2.94. The fourth-order valence-electron chi connectivity index (χ4n) is 4.11. The lowest BCUT2D eigenvalue weighted by Crippen LogP contribution is -2.54. The first-order chi connectivity index (χ1) is 11.0. The van der Waals surface area contributed by atoms with Crippen molar-refractivity contribution in [2.24, 2.45) is 5.92 Å². The third-order valence-electron chi connectivity index (χ3n) is 5.49. The van der Waals surface area contributed by atoms with Gasteiger partial charge in [0.15, 0.2) is 0 Å². The number of hydrogen-bond donors (Lipinski definition) is 0. The van der Waals surface area contributed by atoms with Gasteiger partial charge in [0.1, 0.15) is 5.82 Å². The summed E-state index contributed by atoms with van der Waals surface area (Å²) in [5.41, 5.74) is 0.831. The largest absolute Gasteiger partial charge is 0.337 e. The van der Waals surface area contributed by atoms with Crippen molar-refractivity contribution in [3.05, 3.63) is 35.6 Å². The summed E-state index contributed by atoms with van der Waals surface area (Å²) in [7, 11) is 0. The molecule has 2 aliphatic heterocycles. The molecule has 0 unspecified atom stereocenters. The van der Waals surface area contributed by atoms with Crippen LogP contribution >= 0.6 is 0 Å². The molecule has 0 saturated carbocycles. The van der Waals surface area contributed by atoms with Crippen LogP contribution < -0.4 is 0 Å². The molecule has 126 valence electrons. The molecule has 2 aliphatic rings. The highest BCUT2D eigenvalue weighted by molar-refractivity contribution is 5.79. The number of halogens is 1. The standard InChI is InChI=1S/C19H27FN2O/c1-15(2)18(23)22-11-5-8-19(22)9-12-21(13-10-19)14-16-6-3-4-7-17(16)20/h3-4,6-7,15H,5,8-14H2,1-2H3. The zero-order chi connectivity index (χ0) is 16.4. The minimum Gasteiger partial charge on any atom is -0.337 e. The topological polar surface area (TPSA) is 23.6 Å². The molecule has 0 atom stereocenters. The first-order valence-corrected chi connectivity index (χ1v) is 8.79. The highest BCUT2D eigenvalue weighted by atomic mass is 19.1. The molecule has 2 heterocycles. The van der Waals surface area contributed by atoms with Crippen molar-refractivity contribution in [2.75, 3.05) is 19.6 Å². The van der Waals surface area contributed by atoms with Gasteiger partial charge in [-0.25, -0.2) is 4.39 Å². The van der Waals surface area contributed by atoms with Crippen LogP contribution in [0.2, 0.25) is 0 Å². The molecule has 2 saturated heterocycles. The summed E-state index contributed by atoms with van der Waals surface area (Å²) in [5, 5.41) is 0. The average molecular weight is 318 g/mol. The van der Waals surface area contributed by atoms with Crippen LogP contribution in [0.4, 0.5) is 4.39 Å². The van der Waals surface area contributed by atoms with Gasteiger partial charge in [-0.05, 0) is 31.7 Å². The Morgan fingerprint density at radius 1 is 1.17 bits per heavy atom. The number of hydrogen-bond acceptors (Lipinski definition) is 2. The van der Waals surface area contributed by atoms with E-state index in [0.29, 0.717) is 12.5 Å². The monoisotopic (exact) mass is 318 g/mol. The van der Waals surface area contributed by atoms with E-state index < -0.39 is 0 Å². The smallest absolute Gasteiger partial charge is 0.225 e. The van der Waals surface area contributed by atoms with Crippen molar-refractivity contribution in [3.8, 4) is 0 Å². The predicted octanol–water partition coefficient (Wildman–Crippen LogP) is 3.44. The summed E-state index contributed by atoms with van der Waals surface area (Å²) < 4.78 is 13.8. The van der Waals surface area contributed by atoms with Gasteiger partial charge in [-0.3, -0.25) is 9.69 Å². The molecule has 0 aromatic heterocycles. The Labute approximate surface area is 138 Å². The van der Waals surface area contributed by atoms with Gasteiger partial charge >= 0.3 is 0 Å². The first kappa shape index (κ1) is 16.4. The van der Waals surface area contributed by atoms with Crippen LogP contribution in [-0.2, 0) is 11.3 Å². The molecule has 1 spiro atoms. The molecule has 2 fully saturated rings. The van der Waals surface area contributed by atoms with E-state index in [1.807, 2.05) is 26.0 Å². The molecule has 1 amide bonds. The van der Waals surface area contributed by atoms with E-state index in [1.54, 1.807) is 6.07 Å².